The number of aromatic nitrogens is 1. The molecule has 0 saturated carbocycles. The smallest absolute Gasteiger partial charge is 0.416 e. The van der Waals surface area contributed by atoms with Gasteiger partial charge in [-0.25, -0.2) is 4.98 Å². The number of rotatable bonds is 1. The second kappa shape index (κ2) is 4.66. The molecule has 0 saturated heterocycles. The molecule has 3 aromatic rings. The van der Waals surface area contributed by atoms with Gasteiger partial charge in [-0.05, 0) is 30.3 Å². The van der Waals surface area contributed by atoms with Gasteiger partial charge < -0.3 is 10.2 Å². The van der Waals surface area contributed by atoms with E-state index in [1.54, 1.807) is 18.2 Å². The van der Waals surface area contributed by atoms with Gasteiger partial charge in [0.25, 0.3) is 0 Å². The average molecular weight is 313 g/mol. The first-order chi connectivity index (χ1) is 9.86. The predicted octanol–water partition coefficient (Wildman–Crippen LogP) is 4.75. The summed E-state index contributed by atoms with van der Waals surface area (Å²) < 4.78 is 43.8. The van der Waals surface area contributed by atoms with Crippen LogP contribution >= 0.6 is 11.6 Å². The van der Waals surface area contributed by atoms with Crippen molar-refractivity contribution in [2.75, 3.05) is 5.73 Å². The van der Waals surface area contributed by atoms with E-state index in [1.165, 1.54) is 6.07 Å². The summed E-state index contributed by atoms with van der Waals surface area (Å²) >= 11 is 5.96. The normalized spacial score (nSPS) is 12.0. The first kappa shape index (κ1) is 13.8. The highest BCUT2D eigenvalue weighted by molar-refractivity contribution is 6.34. The number of alkyl halides is 3. The number of fused-ring (bicyclic) bond motifs is 1. The summed E-state index contributed by atoms with van der Waals surface area (Å²) in [5.74, 6) is 0.00157. The van der Waals surface area contributed by atoms with E-state index in [2.05, 4.69) is 4.98 Å². The van der Waals surface area contributed by atoms with Crippen LogP contribution in [0.15, 0.2) is 40.8 Å². The Morgan fingerprint density at radius 1 is 1.14 bits per heavy atom. The minimum atomic E-state index is -4.47. The molecule has 7 heteroatoms. The zero-order chi connectivity index (χ0) is 15.2. The van der Waals surface area contributed by atoms with Crippen molar-refractivity contribution in [1.82, 2.24) is 4.98 Å². The molecule has 0 bridgehead atoms. The first-order valence-electron chi connectivity index (χ1n) is 5.88. The topological polar surface area (TPSA) is 52.0 Å². The van der Waals surface area contributed by atoms with Crippen molar-refractivity contribution in [1.29, 1.82) is 0 Å². The molecule has 0 aliphatic carbocycles. The summed E-state index contributed by atoms with van der Waals surface area (Å²) in [6.45, 7) is 0. The molecule has 0 amide bonds. The minimum Gasteiger partial charge on any atom is -0.434 e. The zero-order valence-electron chi connectivity index (χ0n) is 10.4. The molecule has 3 rings (SSSR count). The van der Waals surface area contributed by atoms with Gasteiger partial charge in [-0.2, -0.15) is 13.2 Å². The van der Waals surface area contributed by atoms with Crippen molar-refractivity contribution in [3.63, 3.8) is 0 Å². The fraction of sp³-hybridized carbons (Fsp3) is 0.0714. The Hall–Kier alpha value is -2.21. The van der Waals surface area contributed by atoms with Gasteiger partial charge in [0.1, 0.15) is 5.52 Å². The lowest BCUT2D eigenvalue weighted by atomic mass is 10.1. The van der Waals surface area contributed by atoms with Crippen LogP contribution in [0, 0.1) is 0 Å². The summed E-state index contributed by atoms with van der Waals surface area (Å²) in [6.07, 6.45) is -4.47. The van der Waals surface area contributed by atoms with Crippen LogP contribution in [0.5, 0.6) is 0 Å². The molecule has 0 radical (unpaired) electrons. The molecule has 0 fully saturated rings. The molecule has 108 valence electrons. The maximum Gasteiger partial charge on any atom is 0.416 e. The van der Waals surface area contributed by atoms with Crippen molar-refractivity contribution in [3.05, 3.63) is 47.0 Å². The van der Waals surface area contributed by atoms with Crippen LogP contribution in [0.3, 0.4) is 0 Å². The van der Waals surface area contributed by atoms with Gasteiger partial charge in [0.15, 0.2) is 5.58 Å². The van der Waals surface area contributed by atoms with Crippen LogP contribution in [-0.2, 0) is 6.18 Å². The van der Waals surface area contributed by atoms with Gasteiger partial charge in [0, 0.05) is 5.69 Å². The van der Waals surface area contributed by atoms with Gasteiger partial charge >= 0.3 is 6.18 Å². The molecule has 0 unspecified atom stereocenters. The maximum atomic E-state index is 12.8. The lowest BCUT2D eigenvalue weighted by Gasteiger charge is -2.09. The number of nitrogens with zero attached hydrogens (tertiary/aromatic N) is 1. The number of hydrogen-bond donors (Lipinski definition) is 1. The number of benzene rings is 2. The Kier molecular flexibility index (Phi) is 3.06. The van der Waals surface area contributed by atoms with Crippen molar-refractivity contribution in [2.45, 2.75) is 6.18 Å². The van der Waals surface area contributed by atoms with E-state index in [0.29, 0.717) is 16.1 Å². The summed E-state index contributed by atoms with van der Waals surface area (Å²) in [4.78, 5) is 4.13. The van der Waals surface area contributed by atoms with Crippen molar-refractivity contribution < 1.29 is 17.6 Å². The van der Waals surface area contributed by atoms with E-state index in [9.17, 15) is 13.2 Å². The highest BCUT2D eigenvalue weighted by atomic mass is 35.5. The van der Waals surface area contributed by atoms with Crippen LogP contribution in [0.2, 0.25) is 5.02 Å². The second-order valence-corrected chi connectivity index (χ2v) is 4.81. The van der Waals surface area contributed by atoms with E-state index in [0.717, 1.165) is 12.1 Å². The Bertz CT molecular complexity index is 827. The Morgan fingerprint density at radius 2 is 1.90 bits per heavy atom. The Labute approximate surface area is 122 Å². The fourth-order valence-electron chi connectivity index (χ4n) is 1.95. The molecule has 0 aliphatic rings. The Balaban J connectivity index is 2.20. The van der Waals surface area contributed by atoms with E-state index < -0.39 is 11.7 Å². The fourth-order valence-corrected chi connectivity index (χ4v) is 2.16. The van der Waals surface area contributed by atoms with Crippen molar-refractivity contribution in [3.8, 4) is 11.5 Å². The predicted molar refractivity (Wildman–Crippen MR) is 73.9 cm³/mol. The standard InChI is InChI=1S/C14H8ClF3N2O/c15-9-2-1-3-11-12(9)21-13(20-11)8-6-7(14(16,17)18)4-5-10(8)19/h1-6H,19H2. The van der Waals surface area contributed by atoms with E-state index in [1.807, 2.05) is 0 Å². The highest BCUT2D eigenvalue weighted by Crippen LogP contribution is 2.36. The van der Waals surface area contributed by atoms with Gasteiger partial charge in [0.2, 0.25) is 5.89 Å². The van der Waals surface area contributed by atoms with Crippen molar-refractivity contribution >= 4 is 28.4 Å². The molecular weight excluding hydrogens is 305 g/mol. The van der Waals surface area contributed by atoms with Gasteiger partial charge in [-0.1, -0.05) is 17.7 Å². The lowest BCUT2D eigenvalue weighted by Crippen LogP contribution is -2.05. The molecular formula is C14H8ClF3N2O. The maximum absolute atomic E-state index is 12.8. The van der Waals surface area contributed by atoms with Crippen LogP contribution < -0.4 is 5.73 Å². The minimum absolute atomic E-state index is 0.00157. The van der Waals surface area contributed by atoms with E-state index in [-0.39, 0.29) is 17.1 Å². The zero-order valence-corrected chi connectivity index (χ0v) is 11.2. The molecule has 0 spiro atoms. The number of anilines is 1. The van der Waals surface area contributed by atoms with Gasteiger partial charge in [0.05, 0.1) is 16.1 Å². The Morgan fingerprint density at radius 3 is 2.57 bits per heavy atom. The summed E-state index contributed by atoms with van der Waals surface area (Å²) in [6, 6.07) is 7.93. The SMILES string of the molecule is Nc1ccc(C(F)(F)F)cc1-c1nc2cccc(Cl)c2o1. The number of nitrogens with two attached hydrogens (primary N) is 1. The second-order valence-electron chi connectivity index (χ2n) is 4.41. The number of oxazole rings is 1. The van der Waals surface area contributed by atoms with Gasteiger partial charge in [-0.15, -0.1) is 0 Å². The van der Waals surface area contributed by atoms with Crippen LogP contribution in [0.1, 0.15) is 5.56 Å². The molecule has 2 aromatic carbocycles. The number of hydrogen-bond acceptors (Lipinski definition) is 3. The molecule has 21 heavy (non-hydrogen) atoms. The molecule has 0 atom stereocenters. The quantitative estimate of drug-likeness (QED) is 0.660. The van der Waals surface area contributed by atoms with Crippen molar-refractivity contribution in [2.24, 2.45) is 0 Å². The van der Waals surface area contributed by atoms with E-state index >= 15 is 0 Å². The van der Waals surface area contributed by atoms with Gasteiger partial charge in [-0.3, -0.25) is 0 Å². The summed E-state index contributed by atoms with van der Waals surface area (Å²) in [7, 11) is 0. The third kappa shape index (κ3) is 2.42. The monoisotopic (exact) mass is 312 g/mol. The number of para-hydroxylation sites is 1. The number of nitrogen functional groups attached to an aromatic ring is 1. The first-order valence-corrected chi connectivity index (χ1v) is 6.26. The van der Waals surface area contributed by atoms with E-state index in [4.69, 9.17) is 21.8 Å². The largest absolute Gasteiger partial charge is 0.434 e. The lowest BCUT2D eigenvalue weighted by molar-refractivity contribution is -0.137. The molecule has 2 N–H and O–H groups in total. The average Bonchev–Trinajstić information content (AvgIpc) is 2.83. The van der Waals surface area contributed by atoms with Crippen LogP contribution in [0.4, 0.5) is 18.9 Å². The third-order valence-corrected chi connectivity index (χ3v) is 3.28. The summed E-state index contributed by atoms with van der Waals surface area (Å²) in [5.41, 5.74) is 5.89. The summed E-state index contributed by atoms with van der Waals surface area (Å²) in [5, 5.41) is 0.330. The number of halogens is 4. The molecule has 0 aliphatic heterocycles. The van der Waals surface area contributed by atoms with Crippen LogP contribution in [0.25, 0.3) is 22.6 Å². The molecule has 3 nitrogen and oxygen atoms in total. The third-order valence-electron chi connectivity index (χ3n) is 2.98. The molecule has 1 heterocycles. The van der Waals surface area contributed by atoms with Crippen LogP contribution in [-0.4, -0.2) is 4.98 Å². The molecule has 1 aromatic heterocycles. The highest BCUT2D eigenvalue weighted by Gasteiger charge is 2.31.